The minimum atomic E-state index is 0.653. The second-order valence-corrected chi connectivity index (χ2v) is 5.39. The third-order valence-electron chi connectivity index (χ3n) is 3.57. The van der Waals surface area contributed by atoms with E-state index in [0.29, 0.717) is 6.04 Å². The molecule has 1 nitrogen and oxygen atoms in total. The van der Waals surface area contributed by atoms with Crippen LogP contribution in [0.25, 0.3) is 0 Å². The Morgan fingerprint density at radius 2 is 1.72 bits per heavy atom. The second-order valence-electron chi connectivity index (χ2n) is 5.39. The third-order valence-corrected chi connectivity index (χ3v) is 3.57. The summed E-state index contributed by atoms with van der Waals surface area (Å²) in [5, 5.41) is 0. The summed E-state index contributed by atoms with van der Waals surface area (Å²) in [4.78, 5) is 2.61. The van der Waals surface area contributed by atoms with Crippen LogP contribution in [0.3, 0.4) is 0 Å². The highest BCUT2D eigenvalue weighted by molar-refractivity contribution is 5.19. The highest BCUT2D eigenvalue weighted by atomic mass is 15.2. The summed E-state index contributed by atoms with van der Waals surface area (Å²) < 4.78 is 0. The van der Waals surface area contributed by atoms with Gasteiger partial charge in [0, 0.05) is 6.04 Å². The minimum absolute atomic E-state index is 0.653. The van der Waals surface area contributed by atoms with Crippen molar-refractivity contribution in [3.05, 3.63) is 35.9 Å². The summed E-state index contributed by atoms with van der Waals surface area (Å²) in [7, 11) is 0. The zero-order valence-electron chi connectivity index (χ0n) is 12.5. The Kier molecular flexibility index (Phi) is 7.04. The summed E-state index contributed by atoms with van der Waals surface area (Å²) in [6.45, 7) is 11.3. The highest BCUT2D eigenvalue weighted by Gasteiger charge is 2.25. The van der Waals surface area contributed by atoms with Crippen molar-refractivity contribution in [1.29, 1.82) is 0 Å². The lowest BCUT2D eigenvalue weighted by Crippen LogP contribution is -2.35. The van der Waals surface area contributed by atoms with Gasteiger partial charge in [0.05, 0.1) is 0 Å². The number of rotatable bonds is 2. The van der Waals surface area contributed by atoms with Gasteiger partial charge < -0.3 is 0 Å². The van der Waals surface area contributed by atoms with Crippen molar-refractivity contribution in [2.45, 2.75) is 53.0 Å². The number of piperidine rings is 1. The molecule has 102 valence electrons. The maximum absolute atomic E-state index is 2.61. The Labute approximate surface area is 113 Å². The van der Waals surface area contributed by atoms with E-state index in [4.69, 9.17) is 0 Å². The van der Waals surface area contributed by atoms with Crippen molar-refractivity contribution in [2.24, 2.45) is 5.92 Å². The van der Waals surface area contributed by atoms with E-state index in [1.54, 1.807) is 0 Å². The van der Waals surface area contributed by atoms with Crippen LogP contribution in [0.2, 0.25) is 0 Å². The van der Waals surface area contributed by atoms with Crippen molar-refractivity contribution in [1.82, 2.24) is 4.90 Å². The molecule has 2 atom stereocenters. The monoisotopic (exact) mass is 247 g/mol. The largest absolute Gasteiger partial charge is 0.297 e. The summed E-state index contributed by atoms with van der Waals surface area (Å²) in [5.74, 6) is 0.873. The fourth-order valence-corrected chi connectivity index (χ4v) is 2.59. The van der Waals surface area contributed by atoms with E-state index in [2.05, 4.69) is 62.9 Å². The molecule has 1 aliphatic heterocycles. The molecular weight excluding hydrogens is 218 g/mol. The SMILES string of the molecule is CCC.CCN1CCC(C)CC1c1ccccc1. The molecular formula is C17H29N. The van der Waals surface area contributed by atoms with Crippen molar-refractivity contribution in [2.75, 3.05) is 13.1 Å². The van der Waals surface area contributed by atoms with Crippen molar-refractivity contribution < 1.29 is 0 Å². The molecule has 18 heavy (non-hydrogen) atoms. The van der Waals surface area contributed by atoms with Crippen molar-refractivity contribution >= 4 is 0 Å². The molecule has 1 saturated heterocycles. The standard InChI is InChI=1S/C14H21N.C3H8/c1-3-15-10-9-12(2)11-14(15)13-7-5-4-6-8-13;1-3-2/h4-8,12,14H,3,9-11H2,1-2H3;3H2,1-2H3. The Morgan fingerprint density at radius 1 is 1.11 bits per heavy atom. The van der Waals surface area contributed by atoms with Gasteiger partial charge >= 0.3 is 0 Å². The highest BCUT2D eigenvalue weighted by Crippen LogP contribution is 2.33. The van der Waals surface area contributed by atoms with Crippen molar-refractivity contribution in [3.63, 3.8) is 0 Å². The van der Waals surface area contributed by atoms with E-state index in [0.717, 1.165) is 5.92 Å². The van der Waals surface area contributed by atoms with Gasteiger partial charge in [0.1, 0.15) is 0 Å². The van der Waals surface area contributed by atoms with Crippen LogP contribution in [0.1, 0.15) is 58.6 Å². The molecule has 1 aromatic rings. The molecule has 1 aliphatic rings. The van der Waals surface area contributed by atoms with Gasteiger partial charge in [-0.1, -0.05) is 64.4 Å². The molecule has 2 unspecified atom stereocenters. The summed E-state index contributed by atoms with van der Waals surface area (Å²) in [6.07, 6.45) is 3.93. The molecule has 0 radical (unpaired) electrons. The molecule has 1 fully saturated rings. The predicted molar refractivity (Wildman–Crippen MR) is 80.8 cm³/mol. The molecule has 1 aromatic carbocycles. The molecule has 0 bridgehead atoms. The quantitative estimate of drug-likeness (QED) is 0.719. The first-order valence-corrected chi connectivity index (χ1v) is 7.51. The summed E-state index contributed by atoms with van der Waals surface area (Å²) >= 11 is 0. The number of hydrogen-bond donors (Lipinski definition) is 0. The molecule has 1 heterocycles. The van der Waals surface area contributed by atoms with E-state index < -0.39 is 0 Å². The zero-order valence-corrected chi connectivity index (χ0v) is 12.5. The van der Waals surface area contributed by atoms with E-state index >= 15 is 0 Å². The molecule has 1 heteroatoms. The van der Waals surface area contributed by atoms with Crippen LogP contribution in [0, 0.1) is 5.92 Å². The predicted octanol–water partition coefficient (Wildman–Crippen LogP) is 4.90. The van der Waals surface area contributed by atoms with Crippen LogP contribution in [-0.4, -0.2) is 18.0 Å². The molecule has 0 saturated carbocycles. The number of nitrogens with zero attached hydrogens (tertiary/aromatic N) is 1. The molecule has 0 amide bonds. The third kappa shape index (κ3) is 4.45. The van der Waals surface area contributed by atoms with Gasteiger partial charge in [-0.15, -0.1) is 0 Å². The molecule has 0 N–H and O–H groups in total. The first-order chi connectivity index (χ1) is 8.72. The van der Waals surface area contributed by atoms with E-state index in [9.17, 15) is 0 Å². The maximum Gasteiger partial charge on any atom is 0.0350 e. The van der Waals surface area contributed by atoms with E-state index in [1.807, 2.05) is 0 Å². The fourth-order valence-electron chi connectivity index (χ4n) is 2.59. The van der Waals surface area contributed by atoms with Crippen LogP contribution in [0.4, 0.5) is 0 Å². The Bertz CT molecular complexity index is 307. The normalized spacial score (nSPS) is 24.2. The smallest absolute Gasteiger partial charge is 0.0350 e. The number of benzene rings is 1. The molecule has 2 rings (SSSR count). The van der Waals surface area contributed by atoms with Crippen LogP contribution < -0.4 is 0 Å². The van der Waals surface area contributed by atoms with Crippen LogP contribution in [0.5, 0.6) is 0 Å². The van der Waals surface area contributed by atoms with Crippen LogP contribution in [0.15, 0.2) is 30.3 Å². The molecule has 0 aliphatic carbocycles. The van der Waals surface area contributed by atoms with Gasteiger partial charge in [-0.2, -0.15) is 0 Å². The van der Waals surface area contributed by atoms with Gasteiger partial charge in [-0.05, 0) is 37.4 Å². The first kappa shape index (κ1) is 15.2. The second kappa shape index (κ2) is 8.31. The fraction of sp³-hybridized carbons (Fsp3) is 0.647. The number of likely N-dealkylation sites (tertiary alicyclic amines) is 1. The topological polar surface area (TPSA) is 3.24 Å². The minimum Gasteiger partial charge on any atom is -0.297 e. The average molecular weight is 247 g/mol. The average Bonchev–Trinajstić information content (AvgIpc) is 2.40. The lowest BCUT2D eigenvalue weighted by molar-refractivity contribution is 0.125. The van der Waals surface area contributed by atoms with Crippen molar-refractivity contribution in [3.8, 4) is 0 Å². The number of hydrogen-bond acceptors (Lipinski definition) is 1. The van der Waals surface area contributed by atoms with Gasteiger partial charge in [0.15, 0.2) is 0 Å². The lowest BCUT2D eigenvalue weighted by atomic mass is 9.88. The van der Waals surface area contributed by atoms with Crippen LogP contribution in [-0.2, 0) is 0 Å². The molecule has 0 aromatic heterocycles. The van der Waals surface area contributed by atoms with Gasteiger partial charge in [-0.3, -0.25) is 4.90 Å². The van der Waals surface area contributed by atoms with E-state index in [1.165, 1.54) is 37.9 Å². The first-order valence-electron chi connectivity index (χ1n) is 7.51. The van der Waals surface area contributed by atoms with Gasteiger partial charge in [0.2, 0.25) is 0 Å². The Balaban J connectivity index is 0.000000492. The van der Waals surface area contributed by atoms with Gasteiger partial charge in [0.25, 0.3) is 0 Å². The summed E-state index contributed by atoms with van der Waals surface area (Å²) in [5.41, 5.74) is 1.49. The van der Waals surface area contributed by atoms with E-state index in [-0.39, 0.29) is 0 Å². The lowest BCUT2D eigenvalue weighted by Gasteiger charge is -2.38. The van der Waals surface area contributed by atoms with Crippen LogP contribution >= 0.6 is 0 Å². The molecule has 0 spiro atoms. The summed E-state index contributed by atoms with van der Waals surface area (Å²) in [6, 6.07) is 11.6. The zero-order chi connectivity index (χ0) is 13.4. The Hall–Kier alpha value is -0.820. The Morgan fingerprint density at radius 3 is 2.28 bits per heavy atom. The maximum atomic E-state index is 2.61. The van der Waals surface area contributed by atoms with Gasteiger partial charge in [-0.25, -0.2) is 0 Å².